The van der Waals surface area contributed by atoms with Gasteiger partial charge in [0.1, 0.15) is 5.75 Å². The summed E-state index contributed by atoms with van der Waals surface area (Å²) in [4.78, 5) is 17.1. The van der Waals surface area contributed by atoms with Crippen molar-refractivity contribution in [1.29, 1.82) is 0 Å². The van der Waals surface area contributed by atoms with Crippen molar-refractivity contribution in [3.8, 4) is 5.75 Å². The van der Waals surface area contributed by atoms with Gasteiger partial charge in [0, 0.05) is 60.1 Å². The van der Waals surface area contributed by atoms with Crippen molar-refractivity contribution in [3.05, 3.63) is 91.9 Å². The van der Waals surface area contributed by atoms with Gasteiger partial charge in [-0.2, -0.15) is 0 Å². The highest BCUT2D eigenvalue weighted by atomic mass is 35.5. The molecule has 1 fully saturated rings. The summed E-state index contributed by atoms with van der Waals surface area (Å²) in [5, 5.41) is 5.04. The van der Waals surface area contributed by atoms with Crippen molar-refractivity contribution in [2.45, 2.75) is 6.54 Å². The van der Waals surface area contributed by atoms with Gasteiger partial charge in [0.15, 0.2) is 0 Å². The molecule has 0 saturated carbocycles. The Morgan fingerprint density at radius 2 is 1.69 bits per heavy atom. The van der Waals surface area contributed by atoms with Gasteiger partial charge >= 0.3 is 0 Å². The van der Waals surface area contributed by atoms with Crippen molar-refractivity contribution in [1.82, 2.24) is 4.90 Å². The lowest BCUT2D eigenvalue weighted by Gasteiger charge is -2.36. The summed E-state index contributed by atoms with van der Waals surface area (Å²) in [5.41, 5.74) is 3.29. The number of anilines is 2. The van der Waals surface area contributed by atoms with Crippen LogP contribution in [0.25, 0.3) is 6.08 Å². The molecule has 0 atom stereocenters. The van der Waals surface area contributed by atoms with Gasteiger partial charge in [-0.1, -0.05) is 64.6 Å². The molecule has 1 aliphatic rings. The van der Waals surface area contributed by atoms with Crippen molar-refractivity contribution >= 4 is 69.8 Å². The second-order valence-electron chi connectivity index (χ2n) is 8.35. The summed E-state index contributed by atoms with van der Waals surface area (Å²) >= 11 is 25.1. The van der Waals surface area contributed by atoms with Crippen LogP contribution < -0.4 is 15.0 Å². The fourth-order valence-corrected chi connectivity index (χ4v) is 5.21. The Bertz CT molecular complexity index is 1270. The van der Waals surface area contributed by atoms with Crippen LogP contribution in [0.4, 0.5) is 11.4 Å². The van der Waals surface area contributed by atoms with E-state index in [1.165, 1.54) is 13.2 Å². The normalized spacial score (nSPS) is 14.3. The largest absolute Gasteiger partial charge is 0.495 e. The minimum Gasteiger partial charge on any atom is -0.495 e. The van der Waals surface area contributed by atoms with E-state index >= 15 is 0 Å². The number of ether oxygens (including phenoxy) is 1. The molecule has 0 aromatic heterocycles. The van der Waals surface area contributed by atoms with Gasteiger partial charge in [-0.3, -0.25) is 9.69 Å². The van der Waals surface area contributed by atoms with Crippen LogP contribution in [0.2, 0.25) is 20.1 Å². The van der Waals surface area contributed by atoms with E-state index < -0.39 is 0 Å². The summed E-state index contributed by atoms with van der Waals surface area (Å²) in [6.45, 7) is 4.34. The minimum atomic E-state index is -0.315. The highest BCUT2D eigenvalue weighted by molar-refractivity contribution is 6.36. The number of halogens is 4. The fourth-order valence-electron chi connectivity index (χ4n) is 4.12. The quantitative estimate of drug-likeness (QED) is 0.306. The Morgan fingerprint density at radius 1 is 0.944 bits per heavy atom. The summed E-state index contributed by atoms with van der Waals surface area (Å²) in [5.74, 6) is 0.134. The molecule has 3 aromatic carbocycles. The molecule has 188 valence electrons. The van der Waals surface area contributed by atoms with Crippen LogP contribution in [-0.4, -0.2) is 44.1 Å². The number of piperazine rings is 1. The molecule has 1 N–H and O–H groups in total. The van der Waals surface area contributed by atoms with Crippen molar-refractivity contribution in [2.75, 3.05) is 43.5 Å². The average molecular weight is 565 g/mol. The zero-order chi connectivity index (χ0) is 25.7. The smallest absolute Gasteiger partial charge is 0.248 e. The molecular weight excluding hydrogens is 540 g/mol. The monoisotopic (exact) mass is 563 g/mol. The lowest BCUT2D eigenvalue weighted by atomic mass is 10.1. The first-order chi connectivity index (χ1) is 17.3. The number of amides is 1. The van der Waals surface area contributed by atoms with Crippen molar-refractivity contribution in [3.63, 3.8) is 0 Å². The first kappa shape index (κ1) is 26.6. The van der Waals surface area contributed by atoms with Crippen molar-refractivity contribution in [2.24, 2.45) is 0 Å². The van der Waals surface area contributed by atoms with Crippen LogP contribution in [0.15, 0.2) is 60.7 Å². The standard InChI is InChI=1S/C27H25Cl4N3O2/c1-36-27-18(14-20(28)15-24(27)31)6-9-26(35)32-21-7-8-25(23(30)16-21)34-12-10-33(11-13-34)17-19-4-2-3-5-22(19)29/h2-9,14-16H,10-13,17H2,1H3,(H,32,35). The Labute approximate surface area is 231 Å². The van der Waals surface area contributed by atoms with Crippen LogP contribution >= 0.6 is 46.4 Å². The molecule has 36 heavy (non-hydrogen) atoms. The number of benzene rings is 3. The molecular formula is C27H25Cl4N3O2. The first-order valence-electron chi connectivity index (χ1n) is 11.4. The summed E-state index contributed by atoms with van der Waals surface area (Å²) in [6, 6.07) is 16.7. The second kappa shape index (κ2) is 12.2. The van der Waals surface area contributed by atoms with Crippen LogP contribution in [0.1, 0.15) is 11.1 Å². The highest BCUT2D eigenvalue weighted by Crippen LogP contribution is 2.33. The number of carbonyl (C=O) groups is 1. The molecule has 0 bridgehead atoms. The maximum atomic E-state index is 12.5. The van der Waals surface area contributed by atoms with E-state index in [4.69, 9.17) is 51.1 Å². The van der Waals surface area contributed by atoms with E-state index in [1.807, 2.05) is 30.3 Å². The Hall–Kier alpha value is -2.41. The number of hydrogen-bond donors (Lipinski definition) is 1. The number of carbonyl (C=O) groups excluding carboxylic acids is 1. The van der Waals surface area contributed by atoms with Crippen LogP contribution in [-0.2, 0) is 11.3 Å². The lowest BCUT2D eigenvalue weighted by molar-refractivity contribution is -0.111. The maximum Gasteiger partial charge on any atom is 0.248 e. The molecule has 1 heterocycles. The Morgan fingerprint density at radius 3 is 2.39 bits per heavy atom. The number of nitrogens with zero attached hydrogens (tertiary/aromatic N) is 2. The van der Waals surface area contributed by atoms with Gasteiger partial charge in [-0.15, -0.1) is 0 Å². The molecule has 1 saturated heterocycles. The van der Waals surface area contributed by atoms with E-state index in [0.29, 0.717) is 32.1 Å². The average Bonchev–Trinajstić information content (AvgIpc) is 2.85. The first-order valence-corrected chi connectivity index (χ1v) is 12.9. The second-order valence-corrected chi connectivity index (χ2v) is 10.0. The molecule has 1 aliphatic heterocycles. The van der Waals surface area contributed by atoms with E-state index in [1.54, 1.807) is 24.3 Å². The Kier molecular flexibility index (Phi) is 9.04. The molecule has 0 unspecified atom stereocenters. The van der Waals surface area contributed by atoms with E-state index in [0.717, 1.165) is 49.0 Å². The predicted octanol–water partition coefficient (Wildman–Crippen LogP) is 7.28. The molecule has 0 radical (unpaired) electrons. The highest BCUT2D eigenvalue weighted by Gasteiger charge is 2.20. The lowest BCUT2D eigenvalue weighted by Crippen LogP contribution is -2.46. The molecule has 4 rings (SSSR count). The number of rotatable bonds is 7. The molecule has 5 nitrogen and oxygen atoms in total. The van der Waals surface area contributed by atoms with Crippen LogP contribution in [0.3, 0.4) is 0 Å². The van der Waals surface area contributed by atoms with Gasteiger partial charge < -0.3 is 15.0 Å². The number of nitrogens with one attached hydrogen (secondary N) is 1. The maximum absolute atomic E-state index is 12.5. The van der Waals surface area contributed by atoms with Gasteiger partial charge in [0.05, 0.1) is 22.8 Å². The number of methoxy groups -OCH3 is 1. The third kappa shape index (κ3) is 6.67. The molecule has 0 spiro atoms. The zero-order valence-corrected chi connectivity index (χ0v) is 22.6. The van der Waals surface area contributed by atoms with Gasteiger partial charge in [-0.05, 0) is 48.0 Å². The van der Waals surface area contributed by atoms with Crippen LogP contribution in [0.5, 0.6) is 5.75 Å². The SMILES string of the molecule is COc1c(Cl)cc(Cl)cc1C=CC(=O)Nc1ccc(N2CCN(Cc3ccccc3Cl)CC2)c(Cl)c1. The van der Waals surface area contributed by atoms with E-state index in [-0.39, 0.29) is 5.91 Å². The van der Waals surface area contributed by atoms with E-state index in [9.17, 15) is 4.79 Å². The topological polar surface area (TPSA) is 44.8 Å². The van der Waals surface area contributed by atoms with Crippen molar-refractivity contribution < 1.29 is 9.53 Å². The van der Waals surface area contributed by atoms with Crippen LogP contribution in [0, 0.1) is 0 Å². The fraction of sp³-hybridized carbons (Fsp3) is 0.222. The molecule has 3 aromatic rings. The Balaban J connectivity index is 1.35. The minimum absolute atomic E-state index is 0.315. The van der Waals surface area contributed by atoms with E-state index in [2.05, 4.69) is 21.2 Å². The molecule has 0 aliphatic carbocycles. The summed E-state index contributed by atoms with van der Waals surface area (Å²) < 4.78 is 5.31. The third-order valence-corrected chi connectivity index (χ3v) is 7.11. The third-order valence-electron chi connectivity index (χ3n) is 5.94. The van der Waals surface area contributed by atoms with Gasteiger partial charge in [0.25, 0.3) is 0 Å². The number of hydrogen-bond acceptors (Lipinski definition) is 4. The van der Waals surface area contributed by atoms with Gasteiger partial charge in [-0.25, -0.2) is 0 Å². The summed E-state index contributed by atoms with van der Waals surface area (Å²) in [6.07, 6.45) is 2.99. The molecule has 9 heteroatoms. The van der Waals surface area contributed by atoms with Gasteiger partial charge in [0.2, 0.25) is 5.91 Å². The summed E-state index contributed by atoms with van der Waals surface area (Å²) in [7, 11) is 1.51. The zero-order valence-electron chi connectivity index (χ0n) is 19.6. The molecule has 1 amide bonds. The predicted molar refractivity (Wildman–Crippen MR) is 151 cm³/mol.